The predicted molar refractivity (Wildman–Crippen MR) is 158 cm³/mol. The second-order valence-corrected chi connectivity index (χ2v) is 12.7. The Bertz CT molecular complexity index is 1010. The first kappa shape index (κ1) is 28.9. The Hall–Kier alpha value is -1.65. The Balaban J connectivity index is 0.00000176. The van der Waals surface area contributed by atoms with E-state index in [0.29, 0.717) is 18.4 Å². The number of alkyl halides is 1. The number of halogens is 1. The molecule has 0 radical (unpaired) electrons. The first-order valence-electron chi connectivity index (χ1n) is 13.7. The van der Waals surface area contributed by atoms with Gasteiger partial charge in [0.25, 0.3) is 0 Å². The third kappa shape index (κ3) is 6.61. The zero-order valence-electron chi connectivity index (χ0n) is 23.8. The molecule has 1 fully saturated rings. The van der Waals surface area contributed by atoms with E-state index >= 15 is 0 Å². The molecule has 0 bridgehead atoms. The lowest BCUT2D eigenvalue weighted by atomic mass is 9.70. The Morgan fingerprint density at radius 2 is 1.58 bits per heavy atom. The third-order valence-corrected chi connectivity index (χ3v) is 9.45. The molecule has 2 aliphatic rings. The van der Waals surface area contributed by atoms with Gasteiger partial charge in [0, 0.05) is 30.8 Å². The highest BCUT2D eigenvalue weighted by Crippen LogP contribution is 2.43. The van der Waals surface area contributed by atoms with Crippen molar-refractivity contribution in [1.29, 1.82) is 0 Å². The summed E-state index contributed by atoms with van der Waals surface area (Å²) in [5.41, 5.74) is 4.69. The standard InChI is InChI=1S/C30H41FN2S.C2H6/c1-28(2,26-14-16-33(34-6)17-15-26)19-22-8-7-9-25(18-22)23-10-12-24(13-11-23)27-20-30(5,21-32-27)29(3,4)31;1-2/h7-13,18,26H,14-17,19-21H2,1-6H3;1-2H3. The summed E-state index contributed by atoms with van der Waals surface area (Å²) in [5.74, 6) is 0.769. The van der Waals surface area contributed by atoms with E-state index in [1.165, 1.54) is 42.6 Å². The topological polar surface area (TPSA) is 15.6 Å². The molecule has 2 nitrogen and oxygen atoms in total. The normalized spacial score (nSPS) is 21.6. The number of piperidine rings is 1. The molecule has 1 unspecified atom stereocenters. The molecule has 0 spiro atoms. The lowest BCUT2D eigenvalue weighted by molar-refractivity contribution is 0.0569. The van der Waals surface area contributed by atoms with Crippen molar-refractivity contribution in [3.8, 4) is 11.1 Å². The van der Waals surface area contributed by atoms with Crippen LogP contribution in [0, 0.1) is 16.7 Å². The smallest absolute Gasteiger partial charge is 0.113 e. The zero-order chi connectivity index (χ0) is 26.6. The van der Waals surface area contributed by atoms with Crippen molar-refractivity contribution in [2.24, 2.45) is 21.7 Å². The van der Waals surface area contributed by atoms with Gasteiger partial charge in [0.1, 0.15) is 5.67 Å². The average molecular weight is 511 g/mol. The molecule has 0 N–H and O–H groups in total. The van der Waals surface area contributed by atoms with Gasteiger partial charge in [0.15, 0.2) is 0 Å². The summed E-state index contributed by atoms with van der Waals surface area (Å²) in [6.07, 6.45) is 6.56. The van der Waals surface area contributed by atoms with Gasteiger partial charge in [-0.05, 0) is 79.4 Å². The van der Waals surface area contributed by atoms with Crippen molar-refractivity contribution in [3.05, 3.63) is 59.7 Å². The lowest BCUT2D eigenvalue weighted by Crippen LogP contribution is -2.38. The molecule has 2 heterocycles. The van der Waals surface area contributed by atoms with Gasteiger partial charge < -0.3 is 0 Å². The summed E-state index contributed by atoms with van der Waals surface area (Å²) in [7, 11) is 0. The molecule has 0 aromatic heterocycles. The summed E-state index contributed by atoms with van der Waals surface area (Å²) >= 11 is 1.88. The molecular weight excluding hydrogens is 463 g/mol. The second-order valence-electron chi connectivity index (χ2n) is 11.8. The molecule has 36 heavy (non-hydrogen) atoms. The molecular formula is C32H47FN2S. The van der Waals surface area contributed by atoms with Gasteiger partial charge in [0.2, 0.25) is 0 Å². The molecule has 2 aromatic carbocycles. The Morgan fingerprint density at radius 1 is 0.972 bits per heavy atom. The van der Waals surface area contributed by atoms with Crippen LogP contribution in [-0.4, -0.2) is 41.6 Å². The molecule has 0 amide bonds. The monoisotopic (exact) mass is 510 g/mol. The third-order valence-electron chi connectivity index (χ3n) is 8.57. The number of hydrogen-bond acceptors (Lipinski definition) is 3. The summed E-state index contributed by atoms with van der Waals surface area (Å²) < 4.78 is 17.2. The van der Waals surface area contributed by atoms with E-state index < -0.39 is 11.1 Å². The maximum absolute atomic E-state index is 14.7. The molecule has 0 saturated carbocycles. The molecule has 2 aliphatic heterocycles. The van der Waals surface area contributed by atoms with Crippen molar-refractivity contribution in [1.82, 2.24) is 4.31 Å². The minimum Gasteiger partial charge on any atom is -0.288 e. The SMILES string of the molecule is CC.CSN1CCC(C(C)(C)Cc2cccc(-c3ccc(C4=NCC(C)(C(C)(C)F)C4)cc3)c2)CC1. The highest BCUT2D eigenvalue weighted by molar-refractivity contribution is 7.96. The molecule has 1 saturated heterocycles. The summed E-state index contributed by atoms with van der Waals surface area (Å²) in [6.45, 7) is 17.2. The number of benzene rings is 2. The van der Waals surface area contributed by atoms with Crippen LogP contribution in [0.4, 0.5) is 4.39 Å². The fourth-order valence-electron chi connectivity index (χ4n) is 5.55. The van der Waals surface area contributed by atoms with Gasteiger partial charge in [-0.25, -0.2) is 4.39 Å². The van der Waals surface area contributed by atoms with E-state index in [4.69, 9.17) is 4.99 Å². The van der Waals surface area contributed by atoms with Crippen LogP contribution >= 0.6 is 11.9 Å². The van der Waals surface area contributed by atoms with Crippen molar-refractivity contribution in [2.45, 2.75) is 79.8 Å². The van der Waals surface area contributed by atoms with E-state index in [-0.39, 0.29) is 0 Å². The van der Waals surface area contributed by atoms with Crippen LogP contribution < -0.4 is 0 Å². The first-order valence-corrected chi connectivity index (χ1v) is 14.9. The van der Waals surface area contributed by atoms with Crippen molar-refractivity contribution < 1.29 is 4.39 Å². The van der Waals surface area contributed by atoms with Gasteiger partial charge in [-0.1, -0.05) is 95.1 Å². The largest absolute Gasteiger partial charge is 0.288 e. The molecule has 1 atom stereocenters. The van der Waals surface area contributed by atoms with Crippen molar-refractivity contribution in [3.63, 3.8) is 0 Å². The van der Waals surface area contributed by atoms with Crippen LogP contribution in [0.3, 0.4) is 0 Å². The molecule has 198 valence electrons. The molecule has 2 aromatic rings. The van der Waals surface area contributed by atoms with E-state index in [1.54, 1.807) is 13.8 Å². The number of nitrogens with zero attached hydrogens (tertiary/aromatic N) is 2. The summed E-state index contributed by atoms with van der Waals surface area (Å²) in [6, 6.07) is 17.7. The average Bonchev–Trinajstić information content (AvgIpc) is 3.29. The predicted octanol–water partition coefficient (Wildman–Crippen LogP) is 8.89. The Morgan fingerprint density at radius 3 is 2.14 bits per heavy atom. The fraction of sp³-hybridized carbons (Fsp3) is 0.594. The van der Waals surface area contributed by atoms with Gasteiger partial charge in [0.05, 0.1) is 0 Å². The van der Waals surface area contributed by atoms with E-state index in [1.807, 2.05) is 32.7 Å². The number of hydrogen-bond donors (Lipinski definition) is 0. The van der Waals surface area contributed by atoms with Gasteiger partial charge in [-0.2, -0.15) is 0 Å². The van der Waals surface area contributed by atoms with Crippen molar-refractivity contribution in [2.75, 3.05) is 25.9 Å². The maximum Gasteiger partial charge on any atom is 0.113 e. The highest BCUT2D eigenvalue weighted by atomic mass is 32.2. The van der Waals surface area contributed by atoms with Crippen LogP contribution in [0.25, 0.3) is 11.1 Å². The van der Waals surface area contributed by atoms with Crippen LogP contribution in [0.5, 0.6) is 0 Å². The second kappa shape index (κ2) is 11.8. The van der Waals surface area contributed by atoms with E-state index in [2.05, 4.69) is 72.9 Å². The quantitative estimate of drug-likeness (QED) is 0.346. The lowest BCUT2D eigenvalue weighted by Gasteiger charge is -2.40. The minimum absolute atomic E-state index is 0.296. The maximum atomic E-state index is 14.7. The summed E-state index contributed by atoms with van der Waals surface area (Å²) in [5, 5.41) is 0. The number of rotatable bonds is 7. The van der Waals surface area contributed by atoms with Gasteiger partial charge in [-0.3, -0.25) is 9.30 Å². The molecule has 0 aliphatic carbocycles. The summed E-state index contributed by atoms with van der Waals surface area (Å²) in [4.78, 5) is 4.71. The van der Waals surface area contributed by atoms with Crippen LogP contribution in [0.2, 0.25) is 0 Å². The number of aliphatic imine (C=N–C) groups is 1. The van der Waals surface area contributed by atoms with Crippen LogP contribution in [-0.2, 0) is 6.42 Å². The highest BCUT2D eigenvalue weighted by Gasteiger charge is 2.45. The Labute approximate surface area is 224 Å². The first-order chi connectivity index (χ1) is 17.0. The minimum atomic E-state index is -1.24. The Kier molecular flexibility index (Phi) is 9.49. The van der Waals surface area contributed by atoms with E-state index in [0.717, 1.165) is 23.6 Å². The van der Waals surface area contributed by atoms with Crippen molar-refractivity contribution >= 4 is 17.7 Å². The molecule has 4 heteroatoms. The van der Waals surface area contributed by atoms with Crippen LogP contribution in [0.15, 0.2) is 53.5 Å². The van der Waals surface area contributed by atoms with Gasteiger partial charge in [-0.15, -0.1) is 0 Å². The van der Waals surface area contributed by atoms with Gasteiger partial charge >= 0.3 is 0 Å². The zero-order valence-corrected chi connectivity index (χ0v) is 24.6. The molecule has 4 rings (SSSR count). The van der Waals surface area contributed by atoms with E-state index in [9.17, 15) is 4.39 Å². The fourth-order valence-corrected chi connectivity index (χ4v) is 6.12. The van der Waals surface area contributed by atoms with Crippen LogP contribution in [0.1, 0.15) is 78.9 Å².